The summed E-state index contributed by atoms with van der Waals surface area (Å²) in [5.74, 6) is 0.326. The number of nitrogens with one attached hydrogen (secondary N) is 1. The minimum atomic E-state index is -0.246. The first-order valence-electron chi connectivity index (χ1n) is 9.20. The van der Waals surface area contributed by atoms with E-state index in [0.717, 1.165) is 22.4 Å². The number of benzene rings is 3. The van der Waals surface area contributed by atoms with Gasteiger partial charge in [0.2, 0.25) is 5.95 Å². The number of anilines is 1. The molecule has 0 radical (unpaired) electrons. The van der Waals surface area contributed by atoms with Crippen molar-refractivity contribution in [3.8, 4) is 22.4 Å². The molecule has 28 heavy (non-hydrogen) atoms. The van der Waals surface area contributed by atoms with Crippen molar-refractivity contribution in [2.45, 2.75) is 13.0 Å². The maximum absolute atomic E-state index is 13.3. The predicted molar refractivity (Wildman–Crippen MR) is 111 cm³/mol. The molecule has 0 fully saturated rings. The maximum Gasteiger partial charge on any atom is 0.223 e. The Morgan fingerprint density at radius 3 is 2.21 bits per heavy atom. The molecular formula is C24H20FN3. The highest BCUT2D eigenvalue weighted by Crippen LogP contribution is 2.31. The van der Waals surface area contributed by atoms with Gasteiger partial charge in [-0.25, -0.2) is 14.4 Å². The monoisotopic (exact) mass is 369 g/mol. The summed E-state index contributed by atoms with van der Waals surface area (Å²) in [7, 11) is 0. The van der Waals surface area contributed by atoms with Gasteiger partial charge in [-0.2, -0.15) is 0 Å². The van der Waals surface area contributed by atoms with Gasteiger partial charge in [-0.15, -0.1) is 0 Å². The normalized spacial score (nSPS) is 11.8. The van der Waals surface area contributed by atoms with Crippen LogP contribution < -0.4 is 5.32 Å². The quantitative estimate of drug-likeness (QED) is 0.460. The van der Waals surface area contributed by atoms with Crippen LogP contribution in [0.25, 0.3) is 22.4 Å². The maximum atomic E-state index is 13.3. The Balaban J connectivity index is 1.66. The van der Waals surface area contributed by atoms with E-state index >= 15 is 0 Å². The molecule has 1 unspecified atom stereocenters. The predicted octanol–water partition coefficient (Wildman–Crippen LogP) is 6.12. The molecule has 0 amide bonds. The first-order valence-corrected chi connectivity index (χ1v) is 9.20. The molecule has 3 aromatic carbocycles. The van der Waals surface area contributed by atoms with Crippen LogP contribution in [0, 0.1) is 5.82 Å². The van der Waals surface area contributed by atoms with Crippen molar-refractivity contribution in [3.63, 3.8) is 0 Å². The summed E-state index contributed by atoms with van der Waals surface area (Å²) >= 11 is 0. The zero-order chi connectivity index (χ0) is 19.3. The van der Waals surface area contributed by atoms with Crippen molar-refractivity contribution < 1.29 is 4.39 Å². The highest BCUT2D eigenvalue weighted by atomic mass is 19.1. The Labute approximate surface area is 163 Å². The highest BCUT2D eigenvalue weighted by Gasteiger charge is 2.11. The summed E-state index contributed by atoms with van der Waals surface area (Å²) < 4.78 is 13.3. The molecule has 1 N–H and O–H groups in total. The lowest BCUT2D eigenvalue weighted by Gasteiger charge is -2.15. The number of nitrogens with zero attached hydrogens (tertiary/aromatic N) is 2. The molecule has 1 atom stereocenters. The van der Waals surface area contributed by atoms with Crippen LogP contribution in [0.15, 0.2) is 91.1 Å². The Morgan fingerprint density at radius 2 is 1.46 bits per heavy atom. The van der Waals surface area contributed by atoms with Crippen LogP contribution in [0.4, 0.5) is 10.3 Å². The van der Waals surface area contributed by atoms with Crippen molar-refractivity contribution in [1.82, 2.24) is 9.97 Å². The van der Waals surface area contributed by atoms with E-state index in [4.69, 9.17) is 4.98 Å². The first kappa shape index (κ1) is 17.9. The van der Waals surface area contributed by atoms with Gasteiger partial charge in [0.25, 0.3) is 0 Å². The minimum absolute atomic E-state index is 0.0868. The van der Waals surface area contributed by atoms with Gasteiger partial charge in [-0.1, -0.05) is 66.7 Å². The summed E-state index contributed by atoms with van der Waals surface area (Å²) in [6.45, 7) is 2.08. The lowest BCUT2D eigenvalue weighted by Crippen LogP contribution is -2.09. The molecule has 1 aromatic heterocycles. The molecule has 1 heterocycles. The van der Waals surface area contributed by atoms with Crippen LogP contribution in [0.5, 0.6) is 0 Å². The van der Waals surface area contributed by atoms with Crippen LogP contribution in [0.2, 0.25) is 0 Å². The third-order valence-corrected chi connectivity index (χ3v) is 4.66. The third-order valence-electron chi connectivity index (χ3n) is 4.66. The van der Waals surface area contributed by atoms with Crippen LogP contribution in [-0.2, 0) is 0 Å². The van der Waals surface area contributed by atoms with Gasteiger partial charge in [0.05, 0.1) is 11.7 Å². The standard InChI is InChI=1S/C24H20FN3/c1-17(18-7-3-2-4-8-18)27-24-26-16-15-23(28-24)22-10-6-5-9-21(22)19-11-13-20(25)14-12-19/h2-17H,1H3,(H,26,27,28). The van der Waals surface area contributed by atoms with E-state index in [1.807, 2.05) is 48.5 Å². The lowest BCUT2D eigenvalue weighted by atomic mass is 9.97. The second kappa shape index (κ2) is 8.01. The van der Waals surface area contributed by atoms with Crippen molar-refractivity contribution in [1.29, 1.82) is 0 Å². The molecule has 4 aromatic rings. The van der Waals surface area contributed by atoms with E-state index in [1.165, 1.54) is 17.7 Å². The summed E-state index contributed by atoms with van der Waals surface area (Å²) in [6, 6.07) is 26.7. The number of rotatable bonds is 5. The second-order valence-corrected chi connectivity index (χ2v) is 6.59. The van der Waals surface area contributed by atoms with Gasteiger partial charge < -0.3 is 5.32 Å². The van der Waals surface area contributed by atoms with Gasteiger partial charge >= 0.3 is 0 Å². The lowest BCUT2D eigenvalue weighted by molar-refractivity contribution is 0.628. The van der Waals surface area contributed by atoms with E-state index in [-0.39, 0.29) is 11.9 Å². The van der Waals surface area contributed by atoms with Gasteiger partial charge in [0.15, 0.2) is 0 Å². The first-order chi connectivity index (χ1) is 13.7. The molecule has 0 saturated carbocycles. The molecule has 4 heteroatoms. The molecule has 138 valence electrons. The van der Waals surface area contributed by atoms with Crippen LogP contribution in [-0.4, -0.2) is 9.97 Å². The number of hydrogen-bond donors (Lipinski definition) is 1. The van der Waals surface area contributed by atoms with Crippen molar-refractivity contribution in [3.05, 3.63) is 103 Å². The topological polar surface area (TPSA) is 37.8 Å². The molecular weight excluding hydrogens is 349 g/mol. The summed E-state index contributed by atoms with van der Waals surface area (Å²) in [4.78, 5) is 9.09. The summed E-state index contributed by atoms with van der Waals surface area (Å²) in [5, 5.41) is 3.36. The highest BCUT2D eigenvalue weighted by molar-refractivity contribution is 5.82. The zero-order valence-electron chi connectivity index (χ0n) is 15.5. The van der Waals surface area contributed by atoms with Crippen molar-refractivity contribution >= 4 is 5.95 Å². The summed E-state index contributed by atoms with van der Waals surface area (Å²) in [5.41, 5.74) is 4.92. The van der Waals surface area contributed by atoms with Gasteiger partial charge in [-0.3, -0.25) is 0 Å². The smallest absolute Gasteiger partial charge is 0.223 e. The second-order valence-electron chi connectivity index (χ2n) is 6.59. The Hall–Kier alpha value is -3.53. The number of aromatic nitrogens is 2. The minimum Gasteiger partial charge on any atom is -0.348 e. The fourth-order valence-corrected chi connectivity index (χ4v) is 3.18. The molecule has 4 rings (SSSR count). The SMILES string of the molecule is CC(Nc1nccc(-c2ccccc2-c2ccc(F)cc2)n1)c1ccccc1. The summed E-state index contributed by atoms with van der Waals surface area (Å²) in [6.07, 6.45) is 1.75. The van der Waals surface area contributed by atoms with Gasteiger partial charge in [-0.05, 0) is 41.8 Å². The molecule has 0 aliphatic heterocycles. The van der Waals surface area contributed by atoms with Gasteiger partial charge in [0.1, 0.15) is 5.82 Å². The van der Waals surface area contributed by atoms with E-state index in [2.05, 4.69) is 29.4 Å². The molecule has 0 saturated heterocycles. The Kier molecular flexibility index (Phi) is 5.11. The molecule has 0 aliphatic rings. The molecule has 0 bridgehead atoms. The zero-order valence-corrected chi connectivity index (χ0v) is 15.5. The third kappa shape index (κ3) is 3.91. The van der Waals surface area contributed by atoms with Crippen molar-refractivity contribution in [2.75, 3.05) is 5.32 Å². The number of halogens is 1. The number of hydrogen-bond acceptors (Lipinski definition) is 3. The Morgan fingerprint density at radius 1 is 0.786 bits per heavy atom. The fraction of sp³-hybridized carbons (Fsp3) is 0.0833. The van der Waals surface area contributed by atoms with E-state index in [9.17, 15) is 4.39 Å². The largest absolute Gasteiger partial charge is 0.348 e. The molecule has 3 nitrogen and oxygen atoms in total. The van der Waals surface area contributed by atoms with Gasteiger partial charge in [0, 0.05) is 11.8 Å². The van der Waals surface area contributed by atoms with Crippen molar-refractivity contribution in [2.24, 2.45) is 0 Å². The van der Waals surface area contributed by atoms with Crippen LogP contribution in [0.1, 0.15) is 18.5 Å². The van der Waals surface area contributed by atoms with Crippen LogP contribution in [0.3, 0.4) is 0 Å². The van der Waals surface area contributed by atoms with E-state index in [0.29, 0.717) is 5.95 Å². The molecule has 0 aliphatic carbocycles. The van der Waals surface area contributed by atoms with Crippen LogP contribution >= 0.6 is 0 Å². The average Bonchev–Trinajstić information content (AvgIpc) is 2.75. The Bertz CT molecular complexity index is 1060. The van der Waals surface area contributed by atoms with E-state index < -0.39 is 0 Å². The molecule has 0 spiro atoms. The fourth-order valence-electron chi connectivity index (χ4n) is 3.18. The van der Waals surface area contributed by atoms with E-state index in [1.54, 1.807) is 18.3 Å². The average molecular weight is 369 g/mol.